The van der Waals surface area contributed by atoms with E-state index in [4.69, 9.17) is 4.74 Å². The van der Waals surface area contributed by atoms with Crippen LogP contribution in [0.2, 0.25) is 0 Å². The summed E-state index contributed by atoms with van der Waals surface area (Å²) in [7, 11) is 0. The molecule has 1 saturated heterocycles. The smallest absolute Gasteiger partial charge is 0.222 e. The second-order valence-electron chi connectivity index (χ2n) is 7.43. The molecule has 0 aliphatic carbocycles. The number of amides is 1. The number of carbonyl (C=O) groups is 1. The van der Waals surface area contributed by atoms with Gasteiger partial charge >= 0.3 is 0 Å². The first-order valence-electron chi connectivity index (χ1n) is 8.73. The van der Waals surface area contributed by atoms with Crippen molar-refractivity contribution in [3.63, 3.8) is 0 Å². The molecule has 126 valence electrons. The number of hydrogen-bond donors (Lipinski definition) is 0. The van der Waals surface area contributed by atoms with Crippen molar-refractivity contribution in [2.24, 2.45) is 0 Å². The lowest BCUT2D eigenvalue weighted by atomic mass is 10.0. The zero-order valence-corrected chi connectivity index (χ0v) is 14.5. The van der Waals surface area contributed by atoms with Crippen LogP contribution in [0.25, 0.3) is 0 Å². The second kappa shape index (κ2) is 6.52. The number of benzene rings is 1. The molecule has 0 unspecified atom stereocenters. The lowest BCUT2D eigenvalue weighted by Gasteiger charge is -2.41. The molecule has 2 heterocycles. The molecule has 1 amide bonds. The minimum atomic E-state index is -0.235. The van der Waals surface area contributed by atoms with Crippen molar-refractivity contribution >= 4 is 11.6 Å². The van der Waals surface area contributed by atoms with Gasteiger partial charge in [-0.05, 0) is 45.2 Å². The Morgan fingerprint density at radius 1 is 1.35 bits per heavy atom. The van der Waals surface area contributed by atoms with Crippen LogP contribution in [0.3, 0.4) is 0 Å². The van der Waals surface area contributed by atoms with Crippen molar-refractivity contribution in [2.75, 3.05) is 31.1 Å². The fourth-order valence-corrected chi connectivity index (χ4v) is 3.86. The number of fused-ring (bicyclic) bond motifs is 1. The van der Waals surface area contributed by atoms with Crippen LogP contribution < -0.4 is 4.90 Å². The Morgan fingerprint density at radius 3 is 2.91 bits per heavy atom. The summed E-state index contributed by atoms with van der Waals surface area (Å²) in [4.78, 5) is 16.9. The van der Waals surface area contributed by atoms with E-state index in [-0.39, 0.29) is 17.6 Å². The fourth-order valence-electron chi connectivity index (χ4n) is 3.86. The van der Waals surface area contributed by atoms with Gasteiger partial charge in [0.1, 0.15) is 0 Å². The Morgan fingerprint density at radius 2 is 2.13 bits per heavy atom. The highest BCUT2D eigenvalue weighted by atomic mass is 16.5. The van der Waals surface area contributed by atoms with E-state index in [1.807, 2.05) is 11.8 Å². The van der Waals surface area contributed by atoms with Crippen LogP contribution in [0.15, 0.2) is 24.3 Å². The van der Waals surface area contributed by atoms with Crippen LogP contribution in [-0.4, -0.2) is 48.7 Å². The fraction of sp³-hybridized carbons (Fsp3) is 0.632. The maximum absolute atomic E-state index is 12.5. The topological polar surface area (TPSA) is 32.8 Å². The molecule has 1 aromatic rings. The third kappa shape index (κ3) is 3.86. The summed E-state index contributed by atoms with van der Waals surface area (Å²) >= 11 is 0. The van der Waals surface area contributed by atoms with Gasteiger partial charge in [0.05, 0.1) is 11.7 Å². The van der Waals surface area contributed by atoms with Gasteiger partial charge in [0.2, 0.25) is 5.91 Å². The average Bonchev–Trinajstić information content (AvgIpc) is 2.88. The van der Waals surface area contributed by atoms with Crippen LogP contribution in [0.1, 0.15) is 39.2 Å². The van der Waals surface area contributed by atoms with Gasteiger partial charge in [-0.15, -0.1) is 0 Å². The molecule has 1 fully saturated rings. The Kier molecular flexibility index (Phi) is 4.62. The molecule has 23 heavy (non-hydrogen) atoms. The first-order chi connectivity index (χ1) is 10.9. The van der Waals surface area contributed by atoms with E-state index in [0.29, 0.717) is 13.0 Å². The third-order valence-corrected chi connectivity index (χ3v) is 4.72. The molecule has 4 nitrogen and oxygen atoms in total. The lowest BCUT2D eigenvalue weighted by molar-refractivity contribution is -0.158. The number of rotatable bonds is 4. The molecule has 0 spiro atoms. The van der Waals surface area contributed by atoms with E-state index in [9.17, 15) is 4.79 Å². The summed E-state index contributed by atoms with van der Waals surface area (Å²) in [6, 6.07) is 8.60. The summed E-state index contributed by atoms with van der Waals surface area (Å²) in [5.41, 5.74) is 2.55. The first kappa shape index (κ1) is 16.3. The summed E-state index contributed by atoms with van der Waals surface area (Å²) in [5, 5.41) is 0. The largest absolute Gasteiger partial charge is 0.371 e. The van der Waals surface area contributed by atoms with Gasteiger partial charge in [-0.2, -0.15) is 0 Å². The molecule has 4 heteroatoms. The van der Waals surface area contributed by atoms with Crippen LogP contribution in [0.5, 0.6) is 0 Å². The van der Waals surface area contributed by atoms with Crippen LogP contribution >= 0.6 is 0 Å². The van der Waals surface area contributed by atoms with E-state index >= 15 is 0 Å². The molecule has 0 bridgehead atoms. The first-order valence-corrected chi connectivity index (χ1v) is 8.73. The maximum Gasteiger partial charge on any atom is 0.222 e. The van der Waals surface area contributed by atoms with Crippen molar-refractivity contribution in [3.05, 3.63) is 29.8 Å². The molecule has 3 rings (SSSR count). The summed E-state index contributed by atoms with van der Waals surface area (Å²) in [6.07, 6.45) is 2.79. The van der Waals surface area contributed by atoms with Gasteiger partial charge in [0.25, 0.3) is 0 Å². The number of nitrogens with zero attached hydrogens (tertiary/aromatic N) is 2. The molecule has 2 aliphatic heterocycles. The molecular formula is C19H28N2O2. The number of morpholine rings is 1. The average molecular weight is 316 g/mol. The van der Waals surface area contributed by atoms with Gasteiger partial charge in [0.15, 0.2) is 0 Å². The van der Waals surface area contributed by atoms with E-state index < -0.39 is 0 Å². The van der Waals surface area contributed by atoms with Crippen molar-refractivity contribution in [3.8, 4) is 0 Å². The van der Waals surface area contributed by atoms with Gasteiger partial charge in [0, 0.05) is 38.3 Å². The molecule has 0 aromatic heterocycles. The normalized spacial score (nSPS) is 23.0. The van der Waals surface area contributed by atoms with Crippen molar-refractivity contribution < 1.29 is 9.53 Å². The molecule has 1 atom stereocenters. The number of hydrogen-bond acceptors (Lipinski definition) is 3. The van der Waals surface area contributed by atoms with Gasteiger partial charge in [-0.3, -0.25) is 4.79 Å². The molecule has 1 aromatic carbocycles. The molecular weight excluding hydrogens is 288 g/mol. The Hall–Kier alpha value is -1.55. The highest BCUT2D eigenvalue weighted by Crippen LogP contribution is 2.27. The van der Waals surface area contributed by atoms with E-state index in [0.717, 1.165) is 32.5 Å². The maximum atomic E-state index is 12.5. The number of anilines is 1. The minimum absolute atomic E-state index is 0.119. The summed E-state index contributed by atoms with van der Waals surface area (Å²) in [5.74, 6) is 0.265. The molecule has 0 radical (unpaired) electrons. The van der Waals surface area contributed by atoms with Crippen LogP contribution in [-0.2, 0) is 16.0 Å². The second-order valence-corrected chi connectivity index (χ2v) is 7.43. The zero-order valence-electron chi connectivity index (χ0n) is 14.5. The van der Waals surface area contributed by atoms with E-state index in [1.165, 1.54) is 11.3 Å². The Labute approximate surface area is 139 Å². The number of ether oxygens (including phenoxy) is 1. The highest BCUT2D eigenvalue weighted by Gasteiger charge is 2.33. The number of para-hydroxylation sites is 1. The Balaban J connectivity index is 1.49. The standard InChI is InChI=1S/C19H28N2O2/c1-15-13-21(14-19(2,3)23-15)18(22)9-6-11-20-12-10-16-7-4-5-8-17(16)20/h4-5,7-8,15H,6,9-14H2,1-3H3/t15-/m1/s1. The van der Waals surface area contributed by atoms with Gasteiger partial charge in [-0.25, -0.2) is 0 Å². The predicted molar refractivity (Wildman–Crippen MR) is 92.8 cm³/mol. The lowest BCUT2D eigenvalue weighted by Crippen LogP contribution is -2.53. The zero-order chi connectivity index (χ0) is 16.4. The van der Waals surface area contributed by atoms with Crippen LogP contribution in [0, 0.1) is 0 Å². The van der Waals surface area contributed by atoms with Crippen LogP contribution in [0.4, 0.5) is 5.69 Å². The monoisotopic (exact) mass is 316 g/mol. The van der Waals surface area contributed by atoms with Crippen molar-refractivity contribution in [1.29, 1.82) is 0 Å². The molecule has 0 saturated carbocycles. The van der Waals surface area contributed by atoms with Gasteiger partial charge < -0.3 is 14.5 Å². The number of carbonyl (C=O) groups excluding carboxylic acids is 1. The summed E-state index contributed by atoms with van der Waals surface area (Å²) in [6.45, 7) is 9.62. The Bertz CT molecular complexity index is 570. The summed E-state index contributed by atoms with van der Waals surface area (Å²) < 4.78 is 5.88. The SMILES string of the molecule is C[C@@H]1CN(C(=O)CCCN2CCc3ccccc32)CC(C)(C)O1. The van der Waals surface area contributed by atoms with Crippen molar-refractivity contribution in [1.82, 2.24) is 4.90 Å². The molecule has 2 aliphatic rings. The van der Waals surface area contributed by atoms with E-state index in [1.54, 1.807) is 0 Å². The van der Waals surface area contributed by atoms with Gasteiger partial charge in [-0.1, -0.05) is 18.2 Å². The minimum Gasteiger partial charge on any atom is -0.371 e. The third-order valence-electron chi connectivity index (χ3n) is 4.72. The quantitative estimate of drug-likeness (QED) is 0.856. The van der Waals surface area contributed by atoms with E-state index in [2.05, 4.69) is 43.0 Å². The highest BCUT2D eigenvalue weighted by molar-refractivity contribution is 5.76. The van der Waals surface area contributed by atoms with Crippen molar-refractivity contribution in [2.45, 2.75) is 51.7 Å². The predicted octanol–water partition coefficient (Wildman–Crippen LogP) is 2.86. The molecule has 0 N–H and O–H groups in total.